The van der Waals surface area contributed by atoms with Gasteiger partial charge in [-0.3, -0.25) is 0 Å². The third-order valence-electron chi connectivity index (χ3n) is 2.35. The molecule has 1 heterocycles. The maximum absolute atomic E-state index is 9.21. The second-order valence-corrected chi connectivity index (χ2v) is 4.01. The highest BCUT2D eigenvalue weighted by atomic mass is 32.1. The molecule has 1 aromatic carbocycles. The number of nitrogen functional groups attached to an aromatic ring is 1. The third kappa shape index (κ3) is 1.20. The number of anilines is 1. The van der Waals surface area contributed by atoms with Crippen LogP contribution in [0.3, 0.4) is 0 Å². The minimum absolute atomic E-state index is 0.0596. The Morgan fingerprint density at radius 2 is 2.31 bits per heavy atom. The molecule has 0 saturated carbocycles. The van der Waals surface area contributed by atoms with Crippen LogP contribution in [0, 0.1) is 6.92 Å². The maximum atomic E-state index is 9.21. The number of rotatable bonds is 1. The number of nitrogens with two attached hydrogens (primary N) is 1. The molecule has 0 fully saturated rings. The first-order valence-corrected chi connectivity index (χ1v) is 4.98. The summed E-state index contributed by atoms with van der Waals surface area (Å²) in [4.78, 5) is 0. The predicted octanol–water partition coefficient (Wildman–Crippen LogP) is 2.28. The van der Waals surface area contributed by atoms with Crippen LogP contribution in [0.4, 0.5) is 5.69 Å². The Bertz CT molecular complexity index is 447. The Labute approximate surface area is 80.6 Å². The van der Waals surface area contributed by atoms with Crippen molar-refractivity contribution >= 4 is 27.1 Å². The van der Waals surface area contributed by atoms with Crippen LogP contribution in [0.1, 0.15) is 11.1 Å². The van der Waals surface area contributed by atoms with E-state index in [0.717, 1.165) is 26.9 Å². The highest BCUT2D eigenvalue weighted by molar-refractivity contribution is 7.17. The lowest BCUT2D eigenvalue weighted by Crippen LogP contribution is -1.95. The van der Waals surface area contributed by atoms with Crippen LogP contribution in [0.5, 0.6) is 0 Å². The number of aliphatic hydroxyl groups excluding tert-OH is 1. The van der Waals surface area contributed by atoms with Crippen LogP contribution < -0.4 is 5.73 Å². The van der Waals surface area contributed by atoms with Crippen LogP contribution in [0.15, 0.2) is 17.5 Å². The van der Waals surface area contributed by atoms with Gasteiger partial charge < -0.3 is 10.8 Å². The Kier molecular flexibility index (Phi) is 1.98. The zero-order valence-electron chi connectivity index (χ0n) is 7.37. The number of hydrogen-bond acceptors (Lipinski definition) is 3. The Morgan fingerprint density at radius 3 is 3.00 bits per heavy atom. The van der Waals surface area contributed by atoms with E-state index in [1.54, 1.807) is 11.3 Å². The van der Waals surface area contributed by atoms with Crippen molar-refractivity contribution in [2.45, 2.75) is 13.5 Å². The monoisotopic (exact) mass is 193 g/mol. The topological polar surface area (TPSA) is 46.2 Å². The number of aliphatic hydroxyl groups is 1. The quantitative estimate of drug-likeness (QED) is 0.682. The molecule has 3 N–H and O–H groups in total. The number of fused-ring (bicyclic) bond motifs is 1. The molecule has 3 heteroatoms. The predicted molar refractivity (Wildman–Crippen MR) is 56.9 cm³/mol. The highest BCUT2D eigenvalue weighted by Crippen LogP contribution is 2.30. The van der Waals surface area contributed by atoms with Gasteiger partial charge in [0.05, 0.1) is 6.61 Å². The van der Waals surface area contributed by atoms with Crippen molar-refractivity contribution in [1.29, 1.82) is 0 Å². The van der Waals surface area contributed by atoms with Gasteiger partial charge in [-0.05, 0) is 40.9 Å². The smallest absolute Gasteiger partial charge is 0.0691 e. The minimum Gasteiger partial charge on any atom is -0.398 e. The minimum atomic E-state index is 0.0596. The molecule has 13 heavy (non-hydrogen) atoms. The van der Waals surface area contributed by atoms with Crippen molar-refractivity contribution in [2.24, 2.45) is 0 Å². The molecule has 0 aliphatic heterocycles. The molecule has 0 amide bonds. The first kappa shape index (κ1) is 8.53. The Balaban J connectivity index is 2.87. The second-order valence-electron chi connectivity index (χ2n) is 3.06. The normalized spacial score (nSPS) is 10.9. The van der Waals surface area contributed by atoms with E-state index in [-0.39, 0.29) is 6.61 Å². The van der Waals surface area contributed by atoms with E-state index in [0.29, 0.717) is 0 Å². The summed E-state index contributed by atoms with van der Waals surface area (Å²) in [6, 6.07) is 3.99. The van der Waals surface area contributed by atoms with Crippen molar-refractivity contribution in [3.63, 3.8) is 0 Å². The average molecular weight is 193 g/mol. The summed E-state index contributed by atoms with van der Waals surface area (Å²) in [5.41, 5.74) is 8.53. The molecule has 0 atom stereocenters. The molecular formula is C10H11NOS. The summed E-state index contributed by atoms with van der Waals surface area (Å²) >= 11 is 1.65. The molecule has 68 valence electrons. The lowest BCUT2D eigenvalue weighted by atomic mass is 10.0. The van der Waals surface area contributed by atoms with Crippen LogP contribution >= 0.6 is 11.3 Å². The lowest BCUT2D eigenvalue weighted by Gasteiger charge is -2.07. The first-order chi connectivity index (χ1) is 6.24. The van der Waals surface area contributed by atoms with Crippen molar-refractivity contribution in [2.75, 3.05) is 5.73 Å². The number of benzene rings is 1. The molecule has 0 aliphatic rings. The Hall–Kier alpha value is -1.06. The van der Waals surface area contributed by atoms with Gasteiger partial charge in [0.25, 0.3) is 0 Å². The maximum Gasteiger partial charge on any atom is 0.0691 e. The van der Waals surface area contributed by atoms with Crippen LogP contribution in [-0.4, -0.2) is 5.11 Å². The van der Waals surface area contributed by atoms with E-state index >= 15 is 0 Å². The van der Waals surface area contributed by atoms with E-state index < -0.39 is 0 Å². The van der Waals surface area contributed by atoms with Crippen LogP contribution in [0.25, 0.3) is 10.1 Å². The van der Waals surface area contributed by atoms with Gasteiger partial charge in [-0.25, -0.2) is 0 Å². The average Bonchev–Trinajstić information content (AvgIpc) is 2.54. The van der Waals surface area contributed by atoms with E-state index in [2.05, 4.69) is 0 Å². The third-order valence-corrected chi connectivity index (χ3v) is 3.21. The molecule has 1 aromatic heterocycles. The largest absolute Gasteiger partial charge is 0.398 e. The number of hydrogen-bond donors (Lipinski definition) is 2. The summed E-state index contributed by atoms with van der Waals surface area (Å²) in [6.07, 6.45) is 0. The molecule has 0 unspecified atom stereocenters. The summed E-state index contributed by atoms with van der Waals surface area (Å²) in [7, 11) is 0. The zero-order valence-corrected chi connectivity index (χ0v) is 8.19. The fraction of sp³-hybridized carbons (Fsp3) is 0.200. The summed E-state index contributed by atoms with van der Waals surface area (Å²) < 4.78 is 1.15. The second kappa shape index (κ2) is 3.01. The van der Waals surface area contributed by atoms with Crippen LogP contribution in [0.2, 0.25) is 0 Å². The number of thiophene rings is 1. The van der Waals surface area contributed by atoms with E-state index in [4.69, 9.17) is 5.73 Å². The molecular weight excluding hydrogens is 182 g/mol. The Morgan fingerprint density at radius 1 is 1.54 bits per heavy atom. The van der Waals surface area contributed by atoms with Gasteiger partial charge in [-0.1, -0.05) is 0 Å². The van der Waals surface area contributed by atoms with Gasteiger partial charge in [0.15, 0.2) is 0 Å². The highest BCUT2D eigenvalue weighted by Gasteiger charge is 2.07. The summed E-state index contributed by atoms with van der Waals surface area (Å²) in [6.45, 7) is 2.00. The molecule has 0 saturated heterocycles. The van der Waals surface area contributed by atoms with Crippen molar-refractivity contribution in [3.05, 3.63) is 28.6 Å². The fourth-order valence-corrected chi connectivity index (χ4v) is 2.38. The van der Waals surface area contributed by atoms with Gasteiger partial charge in [0.2, 0.25) is 0 Å². The molecule has 2 aromatic rings. The van der Waals surface area contributed by atoms with Gasteiger partial charge in [-0.15, -0.1) is 11.3 Å². The standard InChI is InChI=1S/C10H11NOS/c1-6-8(5-12)7-2-3-13-10(7)4-9(6)11/h2-4,12H,5,11H2,1H3. The van der Waals surface area contributed by atoms with Crippen molar-refractivity contribution < 1.29 is 5.11 Å². The summed E-state index contributed by atoms with van der Waals surface area (Å²) in [5, 5.41) is 12.3. The van der Waals surface area contributed by atoms with Gasteiger partial charge in [-0.2, -0.15) is 0 Å². The molecule has 2 nitrogen and oxygen atoms in total. The van der Waals surface area contributed by atoms with Crippen molar-refractivity contribution in [1.82, 2.24) is 0 Å². The summed E-state index contributed by atoms with van der Waals surface area (Å²) in [5.74, 6) is 0. The molecule has 0 spiro atoms. The van der Waals surface area contributed by atoms with Crippen LogP contribution in [-0.2, 0) is 6.61 Å². The van der Waals surface area contributed by atoms with Crippen molar-refractivity contribution in [3.8, 4) is 0 Å². The fourth-order valence-electron chi connectivity index (χ4n) is 1.51. The van der Waals surface area contributed by atoms with Gasteiger partial charge in [0, 0.05) is 10.4 Å². The first-order valence-electron chi connectivity index (χ1n) is 4.10. The van der Waals surface area contributed by atoms with E-state index in [1.807, 2.05) is 24.4 Å². The SMILES string of the molecule is Cc1c(N)cc2sccc2c1CO. The molecule has 0 bridgehead atoms. The molecule has 2 rings (SSSR count). The molecule has 0 radical (unpaired) electrons. The lowest BCUT2D eigenvalue weighted by molar-refractivity contribution is 0.282. The van der Waals surface area contributed by atoms with Gasteiger partial charge >= 0.3 is 0 Å². The van der Waals surface area contributed by atoms with Gasteiger partial charge in [0.1, 0.15) is 0 Å². The molecule has 0 aliphatic carbocycles. The zero-order chi connectivity index (χ0) is 9.42. The van der Waals surface area contributed by atoms with E-state index in [9.17, 15) is 5.11 Å². The van der Waals surface area contributed by atoms with E-state index in [1.165, 1.54) is 0 Å².